The maximum atomic E-state index is 10.3. The summed E-state index contributed by atoms with van der Waals surface area (Å²) in [6, 6.07) is 9.81. The molecular formula is C21H24N4O2S. The van der Waals surface area contributed by atoms with Crippen molar-refractivity contribution in [1.82, 2.24) is 19.7 Å². The van der Waals surface area contributed by atoms with Crippen molar-refractivity contribution in [2.24, 2.45) is 0 Å². The van der Waals surface area contributed by atoms with Gasteiger partial charge in [0.05, 0.1) is 6.10 Å². The van der Waals surface area contributed by atoms with Crippen LogP contribution >= 0.6 is 11.8 Å². The molecule has 0 aliphatic heterocycles. The average molecular weight is 397 g/mol. The molecule has 0 fully saturated rings. The highest BCUT2D eigenvalue weighted by Crippen LogP contribution is 2.24. The van der Waals surface area contributed by atoms with Crippen LogP contribution in [0.3, 0.4) is 0 Å². The Morgan fingerprint density at radius 2 is 1.89 bits per heavy atom. The van der Waals surface area contributed by atoms with Crippen molar-refractivity contribution in [2.75, 3.05) is 12.4 Å². The van der Waals surface area contributed by atoms with E-state index in [0.29, 0.717) is 12.3 Å². The lowest BCUT2D eigenvalue weighted by atomic mass is 10.1. The van der Waals surface area contributed by atoms with E-state index in [0.717, 1.165) is 33.4 Å². The fraction of sp³-hybridized carbons (Fsp3) is 0.286. The van der Waals surface area contributed by atoms with Crippen molar-refractivity contribution in [3.63, 3.8) is 0 Å². The summed E-state index contributed by atoms with van der Waals surface area (Å²) in [5.41, 5.74) is 3.22. The predicted octanol–water partition coefficient (Wildman–Crippen LogP) is 3.67. The molecule has 1 aromatic carbocycles. The molecule has 3 aromatic rings. The van der Waals surface area contributed by atoms with Gasteiger partial charge in [-0.25, -0.2) is 0 Å². The van der Waals surface area contributed by atoms with E-state index in [-0.39, 0.29) is 6.61 Å². The number of allylic oxidation sites excluding steroid dienone is 1. The van der Waals surface area contributed by atoms with Crippen LogP contribution in [0.1, 0.15) is 11.1 Å². The number of hydrogen-bond donors (Lipinski definition) is 1. The normalized spacial score (nSPS) is 12.0. The van der Waals surface area contributed by atoms with E-state index in [1.165, 1.54) is 11.8 Å². The average Bonchev–Trinajstić information content (AvgIpc) is 3.08. The quantitative estimate of drug-likeness (QED) is 0.439. The second kappa shape index (κ2) is 9.52. The van der Waals surface area contributed by atoms with Gasteiger partial charge >= 0.3 is 0 Å². The number of nitrogens with zero attached hydrogens (tertiary/aromatic N) is 4. The molecule has 0 amide bonds. The van der Waals surface area contributed by atoms with Gasteiger partial charge in [-0.2, -0.15) is 0 Å². The standard InChI is InChI=1S/C21H24N4O2S/c1-4-9-25-20(17-5-7-22-8-6-17)23-24-21(25)28-14-18(26)13-27-19-11-15(2)10-16(3)12-19/h4-8,10-12,18,26H,1,9,13-14H2,2-3H3/t18-/m0/s1. The van der Waals surface area contributed by atoms with Crippen molar-refractivity contribution < 1.29 is 9.84 Å². The summed E-state index contributed by atoms with van der Waals surface area (Å²) in [6.07, 6.45) is 4.63. The highest BCUT2D eigenvalue weighted by atomic mass is 32.2. The number of aromatic nitrogens is 4. The Kier molecular flexibility index (Phi) is 6.84. The molecule has 0 spiro atoms. The molecule has 28 heavy (non-hydrogen) atoms. The van der Waals surface area contributed by atoms with Crippen LogP contribution in [0, 0.1) is 13.8 Å². The lowest BCUT2D eigenvalue weighted by molar-refractivity contribution is 0.126. The maximum Gasteiger partial charge on any atom is 0.191 e. The molecule has 146 valence electrons. The summed E-state index contributed by atoms with van der Waals surface area (Å²) in [5, 5.41) is 19.6. The predicted molar refractivity (Wildman–Crippen MR) is 112 cm³/mol. The summed E-state index contributed by atoms with van der Waals surface area (Å²) in [7, 11) is 0. The van der Waals surface area contributed by atoms with E-state index >= 15 is 0 Å². The van der Waals surface area contributed by atoms with Crippen molar-refractivity contribution >= 4 is 11.8 Å². The minimum absolute atomic E-state index is 0.225. The van der Waals surface area contributed by atoms with Crippen LogP contribution in [0.4, 0.5) is 0 Å². The molecule has 0 saturated heterocycles. The molecule has 1 atom stereocenters. The number of thioether (sulfide) groups is 1. The highest BCUT2D eigenvalue weighted by molar-refractivity contribution is 7.99. The Hall–Kier alpha value is -2.64. The zero-order valence-electron chi connectivity index (χ0n) is 16.1. The van der Waals surface area contributed by atoms with E-state index < -0.39 is 6.10 Å². The molecule has 6 nitrogen and oxygen atoms in total. The van der Waals surface area contributed by atoms with Gasteiger partial charge in [0, 0.05) is 30.3 Å². The van der Waals surface area contributed by atoms with E-state index in [9.17, 15) is 5.11 Å². The number of aliphatic hydroxyl groups excluding tert-OH is 1. The van der Waals surface area contributed by atoms with Gasteiger partial charge in [-0.1, -0.05) is 23.9 Å². The number of ether oxygens (including phenoxy) is 1. The minimum atomic E-state index is -0.621. The van der Waals surface area contributed by atoms with Crippen LogP contribution in [0.15, 0.2) is 60.5 Å². The van der Waals surface area contributed by atoms with E-state index in [2.05, 4.69) is 27.8 Å². The third kappa shape index (κ3) is 5.21. The Labute approximate surface area is 169 Å². The van der Waals surface area contributed by atoms with E-state index in [1.54, 1.807) is 18.5 Å². The van der Waals surface area contributed by atoms with Gasteiger partial charge in [-0.3, -0.25) is 9.55 Å². The number of pyridine rings is 1. The topological polar surface area (TPSA) is 73.1 Å². The first kappa shape index (κ1) is 20.1. The molecule has 2 heterocycles. The molecular weight excluding hydrogens is 372 g/mol. The van der Waals surface area contributed by atoms with Crippen LogP contribution in [-0.4, -0.2) is 43.3 Å². The van der Waals surface area contributed by atoms with Crippen LogP contribution in [0.5, 0.6) is 5.75 Å². The van der Waals surface area contributed by atoms with Crippen molar-refractivity contribution in [3.8, 4) is 17.1 Å². The monoisotopic (exact) mass is 396 g/mol. The van der Waals surface area contributed by atoms with E-state index in [1.807, 2.05) is 42.7 Å². The number of aryl methyl sites for hydroxylation is 2. The largest absolute Gasteiger partial charge is 0.491 e. The fourth-order valence-corrected chi connectivity index (χ4v) is 3.68. The molecule has 3 rings (SSSR count). The lowest BCUT2D eigenvalue weighted by Gasteiger charge is -2.13. The third-order valence-corrected chi connectivity index (χ3v) is 5.12. The zero-order valence-corrected chi connectivity index (χ0v) is 16.9. The number of hydrogen-bond acceptors (Lipinski definition) is 6. The molecule has 0 aliphatic carbocycles. The van der Waals surface area contributed by atoms with Crippen LogP contribution < -0.4 is 4.74 Å². The first-order valence-corrected chi connectivity index (χ1v) is 10.0. The molecule has 1 N–H and O–H groups in total. The summed E-state index contributed by atoms with van der Waals surface area (Å²) in [4.78, 5) is 4.04. The number of rotatable bonds is 9. The van der Waals surface area contributed by atoms with Crippen molar-refractivity contribution in [2.45, 2.75) is 31.7 Å². The van der Waals surface area contributed by atoms with Gasteiger partial charge in [0.1, 0.15) is 12.4 Å². The second-order valence-corrected chi connectivity index (χ2v) is 7.53. The smallest absolute Gasteiger partial charge is 0.191 e. The van der Waals surface area contributed by atoms with Gasteiger partial charge in [0.15, 0.2) is 11.0 Å². The minimum Gasteiger partial charge on any atom is -0.491 e. The van der Waals surface area contributed by atoms with Gasteiger partial charge < -0.3 is 9.84 Å². The lowest BCUT2D eigenvalue weighted by Crippen LogP contribution is -2.20. The summed E-state index contributed by atoms with van der Waals surface area (Å²) >= 11 is 1.45. The number of benzene rings is 1. The molecule has 0 bridgehead atoms. The van der Waals surface area contributed by atoms with Crippen molar-refractivity contribution in [3.05, 3.63) is 66.5 Å². The number of aliphatic hydroxyl groups is 1. The highest BCUT2D eigenvalue weighted by Gasteiger charge is 2.15. The van der Waals surface area contributed by atoms with Gasteiger partial charge in [0.25, 0.3) is 0 Å². The Bertz CT molecular complexity index is 907. The van der Waals surface area contributed by atoms with Crippen LogP contribution in [0.2, 0.25) is 0 Å². The Balaban J connectivity index is 1.62. The van der Waals surface area contributed by atoms with Crippen LogP contribution in [-0.2, 0) is 6.54 Å². The zero-order chi connectivity index (χ0) is 19.9. The SMILES string of the molecule is C=CCn1c(SC[C@@H](O)COc2cc(C)cc(C)c2)nnc1-c1ccncc1. The van der Waals surface area contributed by atoms with Crippen LogP contribution in [0.25, 0.3) is 11.4 Å². The van der Waals surface area contributed by atoms with Gasteiger partial charge in [-0.05, 0) is 49.2 Å². The first-order chi connectivity index (χ1) is 13.6. The Morgan fingerprint density at radius 1 is 1.18 bits per heavy atom. The first-order valence-electron chi connectivity index (χ1n) is 9.03. The molecule has 2 aromatic heterocycles. The maximum absolute atomic E-state index is 10.3. The third-order valence-electron chi connectivity index (χ3n) is 4.01. The Morgan fingerprint density at radius 3 is 2.57 bits per heavy atom. The summed E-state index contributed by atoms with van der Waals surface area (Å²) in [5.74, 6) is 1.98. The molecule has 0 aliphatic rings. The molecule has 7 heteroatoms. The van der Waals surface area contributed by atoms with Crippen molar-refractivity contribution in [1.29, 1.82) is 0 Å². The summed E-state index contributed by atoms with van der Waals surface area (Å²) < 4.78 is 7.72. The summed E-state index contributed by atoms with van der Waals surface area (Å²) in [6.45, 7) is 8.68. The second-order valence-electron chi connectivity index (χ2n) is 6.54. The van der Waals surface area contributed by atoms with Gasteiger partial charge in [0.2, 0.25) is 0 Å². The van der Waals surface area contributed by atoms with Gasteiger partial charge in [-0.15, -0.1) is 16.8 Å². The fourth-order valence-electron chi connectivity index (χ4n) is 2.83. The molecule has 0 saturated carbocycles. The molecule has 0 radical (unpaired) electrons. The molecule has 0 unspecified atom stereocenters. The van der Waals surface area contributed by atoms with E-state index in [4.69, 9.17) is 4.74 Å².